The molecule has 0 heterocycles. The van der Waals surface area contributed by atoms with Gasteiger partial charge in [0.15, 0.2) is 0 Å². The van der Waals surface area contributed by atoms with Crippen LogP contribution in [0.1, 0.15) is 6.42 Å². The highest BCUT2D eigenvalue weighted by Crippen LogP contribution is 2.28. The molecule has 2 aromatic carbocycles. The van der Waals surface area contributed by atoms with Crippen molar-refractivity contribution in [3.8, 4) is 0 Å². The van der Waals surface area contributed by atoms with Crippen molar-refractivity contribution in [1.29, 1.82) is 0 Å². The first-order chi connectivity index (χ1) is 13.1. The Morgan fingerprint density at radius 1 is 0.963 bits per heavy atom. The third kappa shape index (κ3) is 5.54. The maximum absolute atomic E-state index is 6.37. The Balaban J connectivity index is 1.70. The highest BCUT2D eigenvalue weighted by atomic mass is 16.5. The Morgan fingerprint density at radius 2 is 1.56 bits per heavy atom. The number of likely N-dealkylation sites (N-methyl/N-ethyl adjacent to an activating group) is 1. The maximum atomic E-state index is 6.37. The number of hydrogen-bond acceptors (Lipinski definition) is 4. The van der Waals surface area contributed by atoms with Gasteiger partial charge < -0.3 is 14.5 Å². The van der Waals surface area contributed by atoms with Crippen LogP contribution in [0.5, 0.6) is 0 Å². The van der Waals surface area contributed by atoms with Crippen molar-refractivity contribution in [2.45, 2.75) is 12.1 Å². The molecule has 0 saturated carbocycles. The smallest absolute Gasteiger partial charge is 0.139 e. The van der Waals surface area contributed by atoms with Crippen LogP contribution in [-0.2, 0) is 4.74 Å². The van der Waals surface area contributed by atoms with Gasteiger partial charge in [-0.3, -0.25) is 5.73 Å². The quantitative estimate of drug-likeness (QED) is 0.721. The number of anilines is 2. The van der Waals surface area contributed by atoms with E-state index >= 15 is 0 Å². The largest absolute Gasteiger partial charge is 0.356 e. The first kappa shape index (κ1) is 19.4. The standard InChI is InChI=1S/C23H29N3O/c1-25(2)17-18-27-23(24)15-13-20(14-16-23)19-26(21-9-5-3-6-10-21)22-11-7-4-8-12-22/h3-15H,16-19,24H2,1-2H3. The Kier molecular flexibility index (Phi) is 6.45. The summed E-state index contributed by atoms with van der Waals surface area (Å²) >= 11 is 0. The van der Waals surface area contributed by atoms with E-state index in [4.69, 9.17) is 10.5 Å². The molecular weight excluding hydrogens is 334 g/mol. The summed E-state index contributed by atoms with van der Waals surface area (Å²) < 4.78 is 5.89. The average molecular weight is 364 g/mol. The molecule has 3 rings (SSSR count). The molecule has 0 bridgehead atoms. The van der Waals surface area contributed by atoms with Gasteiger partial charge in [0, 0.05) is 30.9 Å². The van der Waals surface area contributed by atoms with Crippen LogP contribution < -0.4 is 10.6 Å². The zero-order valence-electron chi connectivity index (χ0n) is 16.2. The van der Waals surface area contributed by atoms with Crippen molar-refractivity contribution in [3.05, 3.63) is 84.5 Å². The highest BCUT2D eigenvalue weighted by molar-refractivity contribution is 5.64. The highest BCUT2D eigenvalue weighted by Gasteiger charge is 2.24. The van der Waals surface area contributed by atoms with Gasteiger partial charge in [-0.2, -0.15) is 0 Å². The number of para-hydroxylation sites is 2. The van der Waals surface area contributed by atoms with Gasteiger partial charge in [0.05, 0.1) is 6.61 Å². The van der Waals surface area contributed by atoms with Crippen molar-refractivity contribution >= 4 is 11.4 Å². The number of hydrogen-bond donors (Lipinski definition) is 1. The maximum Gasteiger partial charge on any atom is 0.139 e. The summed E-state index contributed by atoms with van der Waals surface area (Å²) in [5.41, 5.74) is 9.25. The second-order valence-corrected chi connectivity index (χ2v) is 7.18. The van der Waals surface area contributed by atoms with Gasteiger partial charge in [0.2, 0.25) is 0 Å². The molecule has 142 valence electrons. The van der Waals surface area contributed by atoms with Crippen LogP contribution in [0.25, 0.3) is 0 Å². The van der Waals surface area contributed by atoms with E-state index in [0.29, 0.717) is 13.0 Å². The van der Waals surface area contributed by atoms with Gasteiger partial charge in [-0.05, 0) is 50.0 Å². The molecule has 0 spiro atoms. The van der Waals surface area contributed by atoms with Gasteiger partial charge in [-0.25, -0.2) is 0 Å². The zero-order chi connectivity index (χ0) is 19.1. The summed E-state index contributed by atoms with van der Waals surface area (Å²) in [4.78, 5) is 4.40. The van der Waals surface area contributed by atoms with Crippen LogP contribution in [0.3, 0.4) is 0 Å². The second-order valence-electron chi connectivity index (χ2n) is 7.18. The van der Waals surface area contributed by atoms with Crippen molar-refractivity contribution in [2.24, 2.45) is 5.73 Å². The molecule has 1 unspecified atom stereocenters. The summed E-state index contributed by atoms with van der Waals surface area (Å²) in [5, 5.41) is 0. The summed E-state index contributed by atoms with van der Waals surface area (Å²) in [6.45, 7) is 2.27. The van der Waals surface area contributed by atoms with E-state index in [2.05, 4.69) is 70.5 Å². The number of nitrogens with two attached hydrogens (primary N) is 1. The van der Waals surface area contributed by atoms with Crippen LogP contribution in [0, 0.1) is 0 Å². The predicted octanol–water partition coefficient (Wildman–Crippen LogP) is 3.94. The fourth-order valence-electron chi connectivity index (χ4n) is 3.05. The summed E-state index contributed by atoms with van der Waals surface area (Å²) in [6.07, 6.45) is 6.96. The molecule has 0 aliphatic heterocycles. The monoisotopic (exact) mass is 363 g/mol. The minimum absolute atomic E-state index is 0.622. The fraction of sp³-hybridized carbons (Fsp3) is 0.304. The third-order valence-electron chi connectivity index (χ3n) is 4.65. The van der Waals surface area contributed by atoms with Crippen LogP contribution in [0.4, 0.5) is 11.4 Å². The van der Waals surface area contributed by atoms with Crippen LogP contribution in [0.2, 0.25) is 0 Å². The Labute approximate surface area is 162 Å². The Bertz CT molecular complexity index is 731. The lowest BCUT2D eigenvalue weighted by atomic mass is 9.99. The molecule has 0 fully saturated rings. The van der Waals surface area contributed by atoms with Crippen molar-refractivity contribution in [3.63, 3.8) is 0 Å². The van der Waals surface area contributed by atoms with Gasteiger partial charge >= 0.3 is 0 Å². The molecule has 1 atom stereocenters. The Hall–Kier alpha value is -2.40. The van der Waals surface area contributed by atoms with E-state index in [-0.39, 0.29) is 0 Å². The second kappa shape index (κ2) is 9.00. The van der Waals surface area contributed by atoms with Crippen LogP contribution >= 0.6 is 0 Å². The zero-order valence-corrected chi connectivity index (χ0v) is 16.2. The number of ether oxygens (including phenoxy) is 1. The van der Waals surface area contributed by atoms with Gasteiger partial charge in [0.1, 0.15) is 5.72 Å². The number of nitrogens with zero attached hydrogens (tertiary/aromatic N) is 2. The first-order valence-corrected chi connectivity index (χ1v) is 9.39. The average Bonchev–Trinajstić information content (AvgIpc) is 2.69. The summed E-state index contributed by atoms with van der Waals surface area (Å²) in [5.74, 6) is 0. The SMILES string of the molecule is CN(C)CCOC1(N)C=CC(CN(c2ccccc2)c2ccccc2)=CC1. The molecule has 0 saturated heterocycles. The van der Waals surface area contributed by atoms with Gasteiger partial charge in [-0.1, -0.05) is 48.6 Å². The lowest BCUT2D eigenvalue weighted by molar-refractivity contribution is -0.00860. The van der Waals surface area contributed by atoms with E-state index in [9.17, 15) is 0 Å². The lowest BCUT2D eigenvalue weighted by Gasteiger charge is -2.31. The molecule has 1 aliphatic rings. The van der Waals surface area contributed by atoms with Crippen LogP contribution in [0.15, 0.2) is 84.5 Å². The molecule has 0 radical (unpaired) electrons. The molecular formula is C23H29N3O. The first-order valence-electron chi connectivity index (χ1n) is 9.39. The van der Waals surface area contributed by atoms with E-state index in [1.807, 2.05) is 32.3 Å². The van der Waals surface area contributed by atoms with Crippen molar-refractivity contribution < 1.29 is 4.74 Å². The molecule has 0 aromatic heterocycles. The number of benzene rings is 2. The summed E-state index contributed by atoms with van der Waals surface area (Å²) in [6, 6.07) is 20.9. The molecule has 27 heavy (non-hydrogen) atoms. The van der Waals surface area contributed by atoms with Crippen molar-refractivity contribution in [1.82, 2.24) is 4.90 Å². The molecule has 0 amide bonds. The molecule has 4 heteroatoms. The number of rotatable bonds is 8. The third-order valence-corrected chi connectivity index (χ3v) is 4.65. The van der Waals surface area contributed by atoms with Gasteiger partial charge in [0.25, 0.3) is 0 Å². The Morgan fingerprint density at radius 3 is 2.04 bits per heavy atom. The normalized spacial score (nSPS) is 19.2. The van der Waals surface area contributed by atoms with Crippen molar-refractivity contribution in [2.75, 3.05) is 38.7 Å². The van der Waals surface area contributed by atoms with Crippen LogP contribution in [-0.4, -0.2) is 44.4 Å². The molecule has 4 nitrogen and oxygen atoms in total. The van der Waals surface area contributed by atoms with E-state index < -0.39 is 5.72 Å². The van der Waals surface area contributed by atoms with E-state index in [1.165, 1.54) is 16.9 Å². The lowest BCUT2D eigenvalue weighted by Crippen LogP contribution is -2.43. The van der Waals surface area contributed by atoms with E-state index in [1.54, 1.807) is 0 Å². The fourth-order valence-corrected chi connectivity index (χ4v) is 3.05. The molecule has 2 aromatic rings. The molecule has 1 aliphatic carbocycles. The predicted molar refractivity (Wildman–Crippen MR) is 113 cm³/mol. The molecule has 2 N–H and O–H groups in total. The minimum Gasteiger partial charge on any atom is -0.356 e. The minimum atomic E-state index is -0.705. The topological polar surface area (TPSA) is 41.7 Å². The van der Waals surface area contributed by atoms with Gasteiger partial charge in [-0.15, -0.1) is 0 Å². The van der Waals surface area contributed by atoms with E-state index in [0.717, 1.165) is 13.1 Å². The summed E-state index contributed by atoms with van der Waals surface area (Å²) in [7, 11) is 4.06.